The van der Waals surface area contributed by atoms with Crippen molar-refractivity contribution in [1.82, 2.24) is 4.98 Å². The largest absolute Gasteiger partial charge is 0.508 e. The molecule has 0 atom stereocenters. The smallest absolute Gasteiger partial charge is 0.422 e. The molecule has 0 bridgehead atoms. The molecule has 0 aliphatic heterocycles. The summed E-state index contributed by atoms with van der Waals surface area (Å²) < 4.78 is 0. The van der Waals surface area contributed by atoms with Gasteiger partial charge in [0.1, 0.15) is 0 Å². The fourth-order valence-corrected chi connectivity index (χ4v) is 0.767. The number of rotatable bonds is 2. The Morgan fingerprint density at radius 3 is 2.54 bits per heavy atom. The van der Waals surface area contributed by atoms with Crippen LogP contribution in [-0.2, 0) is 0 Å². The molecular formula is C6H8BN3O3. The van der Waals surface area contributed by atoms with Crippen LogP contribution >= 0.6 is 0 Å². The zero-order valence-corrected chi connectivity index (χ0v) is 6.62. The number of hydrogen-bond donors (Lipinski definition) is 4. The van der Waals surface area contributed by atoms with Gasteiger partial charge >= 0.3 is 7.12 Å². The van der Waals surface area contributed by atoms with Crippen molar-refractivity contribution in [2.45, 2.75) is 0 Å². The summed E-state index contributed by atoms with van der Waals surface area (Å²) in [6, 6.07) is 2.84. The average Bonchev–Trinajstić information content (AvgIpc) is 2.17. The van der Waals surface area contributed by atoms with E-state index >= 15 is 0 Å². The summed E-state index contributed by atoms with van der Waals surface area (Å²) in [7, 11) is -1.61. The molecule has 0 aliphatic carbocycles. The maximum atomic E-state index is 8.69. The van der Waals surface area contributed by atoms with Crippen molar-refractivity contribution in [3.05, 3.63) is 23.9 Å². The Kier molecular flexibility index (Phi) is 2.83. The lowest BCUT2D eigenvalue weighted by Gasteiger charge is -2.00. The topological polar surface area (TPSA) is 112 Å². The van der Waals surface area contributed by atoms with Gasteiger partial charge in [0.05, 0.1) is 5.59 Å². The van der Waals surface area contributed by atoms with E-state index in [4.69, 9.17) is 21.0 Å². The average molecular weight is 181 g/mol. The highest BCUT2D eigenvalue weighted by Gasteiger charge is 2.12. The first-order valence-electron chi connectivity index (χ1n) is 3.45. The number of oxime groups is 1. The molecule has 0 radical (unpaired) electrons. The molecule has 0 aromatic carbocycles. The summed E-state index contributed by atoms with van der Waals surface area (Å²) >= 11 is 0. The van der Waals surface area contributed by atoms with Crippen molar-refractivity contribution in [2.75, 3.05) is 0 Å². The summed E-state index contributed by atoms with van der Waals surface area (Å²) in [4.78, 5) is 3.68. The summed E-state index contributed by atoms with van der Waals surface area (Å²) in [6.07, 6.45) is 1.28. The van der Waals surface area contributed by atoms with E-state index in [1.165, 1.54) is 18.3 Å². The molecule has 0 spiro atoms. The molecular weight excluding hydrogens is 173 g/mol. The molecule has 0 fully saturated rings. The quantitative estimate of drug-likeness (QED) is 0.137. The number of pyridine rings is 1. The second-order valence-corrected chi connectivity index (χ2v) is 2.33. The third-order valence-electron chi connectivity index (χ3n) is 1.45. The third-order valence-corrected chi connectivity index (χ3v) is 1.45. The molecule has 13 heavy (non-hydrogen) atoms. The number of nitrogens with two attached hydrogens (primary N) is 1. The van der Waals surface area contributed by atoms with Gasteiger partial charge in [0.25, 0.3) is 0 Å². The third kappa shape index (κ3) is 2.17. The van der Waals surface area contributed by atoms with E-state index in [1.54, 1.807) is 0 Å². The minimum atomic E-state index is -1.61. The van der Waals surface area contributed by atoms with Gasteiger partial charge in [-0.05, 0) is 12.1 Å². The number of aromatic nitrogens is 1. The van der Waals surface area contributed by atoms with Gasteiger partial charge in [-0.15, -0.1) is 0 Å². The minimum Gasteiger partial charge on any atom is -0.422 e. The molecule has 6 nitrogen and oxygen atoms in total. The zero-order valence-electron chi connectivity index (χ0n) is 6.62. The van der Waals surface area contributed by atoms with Crippen LogP contribution in [0.3, 0.4) is 0 Å². The highest BCUT2D eigenvalue weighted by atomic mass is 16.4. The maximum absolute atomic E-state index is 8.69. The molecule has 5 N–H and O–H groups in total. The fourth-order valence-electron chi connectivity index (χ4n) is 0.767. The number of amidine groups is 1. The van der Waals surface area contributed by atoms with E-state index in [0.29, 0.717) is 5.56 Å². The van der Waals surface area contributed by atoms with Gasteiger partial charge < -0.3 is 21.0 Å². The first-order valence-corrected chi connectivity index (χ1v) is 3.45. The monoisotopic (exact) mass is 181 g/mol. The second-order valence-electron chi connectivity index (χ2n) is 2.33. The van der Waals surface area contributed by atoms with Crippen LogP contribution in [0.25, 0.3) is 0 Å². The van der Waals surface area contributed by atoms with Gasteiger partial charge in [-0.3, -0.25) is 4.98 Å². The van der Waals surface area contributed by atoms with E-state index in [-0.39, 0.29) is 11.4 Å². The van der Waals surface area contributed by atoms with Crippen LogP contribution < -0.4 is 11.3 Å². The van der Waals surface area contributed by atoms with E-state index in [9.17, 15) is 0 Å². The van der Waals surface area contributed by atoms with Crippen molar-refractivity contribution < 1.29 is 15.3 Å². The van der Waals surface area contributed by atoms with E-state index in [2.05, 4.69) is 10.1 Å². The van der Waals surface area contributed by atoms with Crippen LogP contribution in [0.15, 0.2) is 23.5 Å². The normalized spacial score (nSPS) is 11.4. The SMILES string of the molecule is N/C(=N\O)c1ccc(B(O)O)nc1. The summed E-state index contributed by atoms with van der Waals surface area (Å²) in [5.74, 6) is -0.0773. The predicted molar refractivity (Wildman–Crippen MR) is 46.6 cm³/mol. The lowest BCUT2D eigenvalue weighted by Crippen LogP contribution is -2.32. The summed E-state index contributed by atoms with van der Waals surface area (Å²) in [5.41, 5.74) is 5.77. The molecule has 0 saturated heterocycles. The summed E-state index contributed by atoms with van der Waals surface area (Å²) in [5, 5.41) is 28.5. The molecule has 68 valence electrons. The zero-order chi connectivity index (χ0) is 9.84. The van der Waals surface area contributed by atoms with Crippen LogP contribution in [0.2, 0.25) is 0 Å². The van der Waals surface area contributed by atoms with Crippen molar-refractivity contribution in [3.63, 3.8) is 0 Å². The van der Waals surface area contributed by atoms with E-state index < -0.39 is 7.12 Å². The van der Waals surface area contributed by atoms with Crippen LogP contribution in [0.1, 0.15) is 5.56 Å². The molecule has 1 aromatic heterocycles. The van der Waals surface area contributed by atoms with Gasteiger partial charge in [0.2, 0.25) is 0 Å². The molecule has 0 aliphatic rings. The first-order chi connectivity index (χ1) is 6.15. The fraction of sp³-hybridized carbons (Fsp3) is 0. The van der Waals surface area contributed by atoms with Crippen LogP contribution in [-0.4, -0.2) is 33.2 Å². The van der Waals surface area contributed by atoms with Gasteiger partial charge in [-0.2, -0.15) is 0 Å². The second kappa shape index (κ2) is 3.88. The molecule has 0 amide bonds. The van der Waals surface area contributed by atoms with Crippen LogP contribution in [0.4, 0.5) is 0 Å². The number of hydrogen-bond acceptors (Lipinski definition) is 5. The molecule has 0 unspecified atom stereocenters. The van der Waals surface area contributed by atoms with Crippen molar-refractivity contribution >= 4 is 18.5 Å². The molecule has 1 rings (SSSR count). The Bertz CT molecular complexity index is 311. The summed E-state index contributed by atoms with van der Waals surface area (Å²) in [6.45, 7) is 0. The maximum Gasteiger partial charge on any atom is 0.508 e. The molecule has 7 heteroatoms. The number of nitrogens with zero attached hydrogens (tertiary/aromatic N) is 2. The molecule has 0 saturated carbocycles. The van der Waals surface area contributed by atoms with Crippen molar-refractivity contribution in [1.29, 1.82) is 0 Å². The van der Waals surface area contributed by atoms with Crippen molar-refractivity contribution in [3.8, 4) is 0 Å². The van der Waals surface area contributed by atoms with Gasteiger partial charge in [-0.25, -0.2) is 0 Å². The Balaban J connectivity index is 2.94. The highest BCUT2D eigenvalue weighted by Crippen LogP contribution is 1.93. The minimum absolute atomic E-state index is 0.0773. The first kappa shape index (κ1) is 9.49. The van der Waals surface area contributed by atoms with E-state index in [1.807, 2.05) is 0 Å². The van der Waals surface area contributed by atoms with Gasteiger partial charge in [0, 0.05) is 11.8 Å². The standard InChI is InChI=1S/C6H8BN3O3/c8-6(10-13)4-1-2-5(7(11)12)9-3-4/h1-3,11-13H,(H2,8,10). The van der Waals surface area contributed by atoms with Crippen LogP contribution in [0, 0.1) is 0 Å². The van der Waals surface area contributed by atoms with Gasteiger partial charge in [0.15, 0.2) is 5.84 Å². The predicted octanol–water partition coefficient (Wildman–Crippen LogP) is -2.14. The molecule has 1 aromatic rings. The Hall–Kier alpha value is -1.60. The molecule has 1 heterocycles. The lowest BCUT2D eigenvalue weighted by atomic mass is 9.85. The Labute approximate surface area is 74.5 Å². The highest BCUT2D eigenvalue weighted by molar-refractivity contribution is 6.57. The van der Waals surface area contributed by atoms with Gasteiger partial charge in [-0.1, -0.05) is 5.16 Å². The van der Waals surface area contributed by atoms with Crippen molar-refractivity contribution in [2.24, 2.45) is 10.9 Å². The lowest BCUT2D eigenvalue weighted by molar-refractivity contribution is 0.318. The Morgan fingerprint density at radius 2 is 2.15 bits per heavy atom. The van der Waals surface area contributed by atoms with Crippen LogP contribution in [0.5, 0.6) is 0 Å². The van der Waals surface area contributed by atoms with E-state index in [0.717, 1.165) is 0 Å². The Morgan fingerprint density at radius 1 is 1.46 bits per heavy atom.